The Morgan fingerprint density at radius 2 is 0.524 bits per heavy atom. The summed E-state index contributed by atoms with van der Waals surface area (Å²) in [5.41, 5.74) is 0. The van der Waals surface area contributed by atoms with Gasteiger partial charge in [-0.15, -0.1) is 0 Å². The van der Waals surface area contributed by atoms with Crippen LogP contribution >= 0.6 is 0 Å². The summed E-state index contributed by atoms with van der Waals surface area (Å²) in [5.74, 6) is 0. The van der Waals surface area contributed by atoms with E-state index in [2.05, 4.69) is 121 Å². The summed E-state index contributed by atoms with van der Waals surface area (Å²) in [6, 6.07) is 46.6. The highest BCUT2D eigenvalue weighted by Gasteiger charge is 2.20. The Balaban J connectivity index is 1.29. The first-order chi connectivity index (χ1) is 20.8. The summed E-state index contributed by atoms with van der Waals surface area (Å²) in [4.78, 5) is 0. The van der Waals surface area contributed by atoms with Crippen LogP contribution in [-0.4, -0.2) is 0 Å². The van der Waals surface area contributed by atoms with E-state index in [4.69, 9.17) is 0 Å². The number of benzene rings is 10. The fraction of sp³-hybridized carbons (Fsp3) is 0. The molecule has 0 atom stereocenters. The Kier molecular flexibility index (Phi) is 3.18. The molecule has 0 heteroatoms. The molecule has 0 saturated heterocycles. The molecule has 0 N–H and O–H groups in total. The van der Waals surface area contributed by atoms with E-state index in [-0.39, 0.29) is 0 Å². The number of rotatable bonds is 0. The van der Waals surface area contributed by atoms with Gasteiger partial charge in [0.15, 0.2) is 0 Å². The summed E-state index contributed by atoms with van der Waals surface area (Å²) >= 11 is 0. The van der Waals surface area contributed by atoms with E-state index < -0.39 is 0 Å². The number of hydrogen-bond acceptors (Lipinski definition) is 0. The van der Waals surface area contributed by atoms with Crippen LogP contribution in [0.25, 0.3) is 118 Å². The minimum absolute atomic E-state index is 1.32. The van der Waals surface area contributed by atoms with Crippen molar-refractivity contribution in [3.05, 3.63) is 121 Å². The van der Waals surface area contributed by atoms with Crippen molar-refractivity contribution in [1.29, 1.82) is 0 Å². The van der Waals surface area contributed by atoms with Crippen LogP contribution in [0.1, 0.15) is 0 Å². The Bertz CT molecular complexity index is 2890. The summed E-state index contributed by atoms with van der Waals surface area (Å²) in [5, 5.41) is 30.0. The zero-order valence-electron chi connectivity index (χ0n) is 22.5. The van der Waals surface area contributed by atoms with E-state index in [0.717, 1.165) is 0 Å². The third kappa shape index (κ3) is 2.15. The van der Waals surface area contributed by atoms with Gasteiger partial charge in [0.25, 0.3) is 0 Å². The second-order valence-corrected chi connectivity index (χ2v) is 12.5. The zero-order valence-corrected chi connectivity index (χ0v) is 22.5. The average Bonchev–Trinajstić information content (AvgIpc) is 3.51. The minimum atomic E-state index is 1.32. The highest BCUT2D eigenvalue weighted by molar-refractivity contribution is 6.42. The van der Waals surface area contributed by atoms with E-state index in [1.807, 2.05) is 0 Å². The number of fused-ring (bicyclic) bond motifs is 7. The molecule has 0 heterocycles. The van der Waals surface area contributed by atoms with Gasteiger partial charge in [-0.2, -0.15) is 0 Å². The molecule has 12 aromatic rings. The van der Waals surface area contributed by atoms with Gasteiger partial charge in [0, 0.05) is 0 Å². The molecule has 0 unspecified atom stereocenters. The van der Waals surface area contributed by atoms with Gasteiger partial charge in [-0.3, -0.25) is 0 Å². The smallest absolute Gasteiger partial charge is 0.00137 e. The van der Waals surface area contributed by atoms with Crippen LogP contribution in [0, 0.1) is 0 Å². The highest BCUT2D eigenvalue weighted by atomic mass is 14.2. The minimum Gasteiger partial charge on any atom is -0.0610 e. The first kappa shape index (κ1) is 20.4. The first-order valence-electron chi connectivity index (χ1n) is 14.8. The van der Waals surface area contributed by atoms with Gasteiger partial charge in [-0.25, -0.2) is 0 Å². The van der Waals surface area contributed by atoms with Crippen LogP contribution in [0.2, 0.25) is 0 Å². The van der Waals surface area contributed by atoms with Crippen LogP contribution in [-0.2, 0) is 0 Å². The molecule has 0 bridgehead atoms. The second kappa shape index (κ2) is 6.54. The lowest BCUT2D eigenvalue weighted by molar-refractivity contribution is 1.83. The maximum Gasteiger partial charge on any atom is -0.00137 e. The van der Waals surface area contributed by atoms with Gasteiger partial charge in [-0.05, 0) is 155 Å². The Hall–Kier alpha value is -5.46. The normalized spacial score (nSPS) is 13.2. The Morgan fingerprint density at radius 1 is 0.190 bits per heavy atom. The van der Waals surface area contributed by atoms with Crippen molar-refractivity contribution in [3.8, 4) is 0 Å². The van der Waals surface area contributed by atoms with E-state index in [1.165, 1.54) is 118 Å². The third-order valence-corrected chi connectivity index (χ3v) is 10.5. The highest BCUT2D eigenvalue weighted by Crippen LogP contribution is 2.49. The predicted molar refractivity (Wildman–Crippen MR) is 184 cm³/mol. The fourth-order valence-electron chi connectivity index (χ4n) is 8.82. The van der Waals surface area contributed by atoms with Gasteiger partial charge in [0.1, 0.15) is 0 Å². The van der Waals surface area contributed by atoms with Crippen LogP contribution < -0.4 is 0 Å². The summed E-state index contributed by atoms with van der Waals surface area (Å²) in [6.45, 7) is 0. The molecule has 0 nitrogen and oxygen atoms in total. The van der Waals surface area contributed by atoms with E-state index in [1.54, 1.807) is 0 Å². The van der Waals surface area contributed by atoms with E-state index in [9.17, 15) is 0 Å². The first-order valence-corrected chi connectivity index (χ1v) is 14.8. The second-order valence-electron chi connectivity index (χ2n) is 12.5. The third-order valence-electron chi connectivity index (χ3n) is 10.5. The maximum atomic E-state index is 2.46. The number of hydrogen-bond donors (Lipinski definition) is 0. The molecule has 12 aromatic carbocycles. The summed E-state index contributed by atoms with van der Waals surface area (Å²) in [7, 11) is 0. The topological polar surface area (TPSA) is 0 Å². The van der Waals surface area contributed by atoms with Gasteiger partial charge < -0.3 is 0 Å². The quantitative estimate of drug-likeness (QED) is 0.173. The molecular weight excluding hydrogens is 504 g/mol. The average molecular weight is 525 g/mol. The van der Waals surface area contributed by atoms with Gasteiger partial charge in [0.05, 0.1) is 0 Å². The monoisotopic (exact) mass is 524 g/mol. The van der Waals surface area contributed by atoms with Crippen LogP contribution in [0.5, 0.6) is 0 Å². The fourth-order valence-corrected chi connectivity index (χ4v) is 8.82. The van der Waals surface area contributed by atoms with Crippen molar-refractivity contribution >= 4 is 118 Å². The van der Waals surface area contributed by atoms with Crippen molar-refractivity contribution in [3.63, 3.8) is 0 Å². The van der Waals surface area contributed by atoms with Crippen LogP contribution in [0.15, 0.2) is 121 Å². The molecule has 0 aliphatic rings. The standard InChI is InChI=1S/C42H20/c1-3-21-7-9-23-11-13-29-31-17-28-20-34-32(18-27(28)19-33(31)35-15-25(5-1)37(21)39(23)41(29)35)30-14-12-24-10-8-22-4-2-6-26-16-36(34)42(30)40(24)38(22)26/h1-20H. The molecule has 188 valence electrons. The molecule has 0 amide bonds. The molecule has 0 spiro atoms. The van der Waals surface area contributed by atoms with Gasteiger partial charge >= 0.3 is 0 Å². The van der Waals surface area contributed by atoms with Crippen molar-refractivity contribution in [1.82, 2.24) is 0 Å². The SMILES string of the molecule is c1cc2ccc3ccc4c5cc6cc7c(cc6cc5c5cc(c1)c2c3c45)c1ccc2ccc3cccc4cc7c1c2c34. The lowest BCUT2D eigenvalue weighted by Crippen LogP contribution is -1.83. The van der Waals surface area contributed by atoms with Crippen molar-refractivity contribution < 1.29 is 0 Å². The van der Waals surface area contributed by atoms with Crippen molar-refractivity contribution in [2.75, 3.05) is 0 Å². The predicted octanol–water partition coefficient (Wildman–Crippen LogP) is 12.1. The molecular formula is C42H20. The van der Waals surface area contributed by atoms with Crippen LogP contribution in [0.3, 0.4) is 0 Å². The van der Waals surface area contributed by atoms with Gasteiger partial charge in [-0.1, -0.05) is 84.9 Å². The van der Waals surface area contributed by atoms with Gasteiger partial charge in [0.2, 0.25) is 0 Å². The van der Waals surface area contributed by atoms with E-state index in [0.29, 0.717) is 0 Å². The lowest BCUT2D eigenvalue weighted by Gasteiger charge is -2.11. The summed E-state index contributed by atoms with van der Waals surface area (Å²) in [6.07, 6.45) is 0. The van der Waals surface area contributed by atoms with Crippen LogP contribution in [0.4, 0.5) is 0 Å². The molecule has 12 rings (SSSR count). The Labute approximate surface area is 239 Å². The van der Waals surface area contributed by atoms with Crippen molar-refractivity contribution in [2.24, 2.45) is 0 Å². The molecule has 0 fully saturated rings. The molecule has 0 saturated carbocycles. The molecule has 0 radical (unpaired) electrons. The van der Waals surface area contributed by atoms with E-state index >= 15 is 0 Å². The Morgan fingerprint density at radius 3 is 0.976 bits per heavy atom. The van der Waals surface area contributed by atoms with Crippen molar-refractivity contribution in [2.45, 2.75) is 0 Å². The zero-order chi connectivity index (χ0) is 26.8. The molecule has 0 aliphatic heterocycles. The largest absolute Gasteiger partial charge is 0.0610 e. The molecule has 0 aromatic heterocycles. The molecule has 42 heavy (non-hydrogen) atoms. The maximum absolute atomic E-state index is 2.46. The lowest BCUT2D eigenvalue weighted by atomic mass is 9.92. The summed E-state index contributed by atoms with van der Waals surface area (Å²) < 4.78 is 0. The molecule has 0 aliphatic carbocycles.